The Hall–Kier alpha value is 0.820. The van der Waals surface area contributed by atoms with Gasteiger partial charge in [-0.1, -0.05) is 0 Å². The van der Waals surface area contributed by atoms with Gasteiger partial charge in [-0.25, -0.2) is 0 Å². The Bertz CT molecular complexity index is 384. The summed E-state index contributed by atoms with van der Waals surface area (Å²) in [5, 5.41) is 76.5. The monoisotopic (exact) mass is 384 g/mol. The number of aliphatic hydroxyl groups is 8. The van der Waals surface area contributed by atoms with Crippen LogP contribution in [0.1, 0.15) is 0 Å². The predicted molar refractivity (Wildman–Crippen MR) is 77.2 cm³/mol. The van der Waals surface area contributed by atoms with Crippen LogP contribution in [0.4, 0.5) is 0 Å². The maximum absolute atomic E-state index is 9.94. The first-order valence-corrected chi connectivity index (χ1v) is 7.08. The van der Waals surface area contributed by atoms with Crippen LogP contribution >= 0.6 is 0 Å². The van der Waals surface area contributed by atoms with E-state index in [4.69, 9.17) is 19.3 Å². The van der Waals surface area contributed by atoms with E-state index < -0.39 is 74.6 Å². The normalized spacial score (nSPS) is 49.5. The van der Waals surface area contributed by atoms with Crippen molar-refractivity contribution in [1.29, 1.82) is 0 Å². The average molecular weight is 384 g/mol. The summed E-state index contributed by atoms with van der Waals surface area (Å²) in [7, 11) is 0. The molecule has 11 nitrogen and oxygen atoms in total. The van der Waals surface area contributed by atoms with Crippen molar-refractivity contribution >= 4 is 37.7 Å². The summed E-state index contributed by atoms with van der Waals surface area (Å²) in [5.74, 6) is 0. The molecule has 12 heteroatoms. The molecule has 24 heavy (non-hydrogen) atoms. The quantitative estimate of drug-likeness (QED) is 0.215. The zero-order chi connectivity index (χ0) is 17.3. The number of hydrogen-bond donors (Lipinski definition) is 8. The van der Waals surface area contributed by atoms with Crippen molar-refractivity contribution in [3.63, 3.8) is 0 Å². The third-order valence-corrected chi connectivity index (χ3v) is 3.98. The fourth-order valence-corrected chi connectivity index (χ4v) is 2.57. The molecule has 0 aliphatic carbocycles. The van der Waals surface area contributed by atoms with Crippen LogP contribution in [0.5, 0.6) is 0 Å². The van der Waals surface area contributed by atoms with E-state index in [1.54, 1.807) is 0 Å². The number of hydrogen-bond acceptors (Lipinski definition) is 11. The average Bonchev–Trinajstić information content (AvgIpc) is 2.55. The molecule has 0 spiro atoms. The topological polar surface area (TPSA) is 190 Å². The minimum atomic E-state index is -1.74. The van der Waals surface area contributed by atoms with Gasteiger partial charge in [-0.2, -0.15) is 0 Å². The molecule has 0 saturated carbocycles. The summed E-state index contributed by atoms with van der Waals surface area (Å²) >= 11 is 0. The summed E-state index contributed by atoms with van der Waals surface area (Å²) < 4.78 is 15.3. The van der Waals surface area contributed by atoms with Crippen molar-refractivity contribution < 1.29 is 55.1 Å². The molecule has 0 radical (unpaired) electrons. The van der Waals surface area contributed by atoms with Crippen LogP contribution in [0.3, 0.4) is 0 Å². The third-order valence-electron chi connectivity index (χ3n) is 3.98. The first-order chi connectivity index (χ1) is 10.8. The zero-order valence-electron chi connectivity index (χ0n) is 12.0. The van der Waals surface area contributed by atoms with Crippen molar-refractivity contribution in [2.24, 2.45) is 0 Å². The minimum absolute atomic E-state index is 0. The molecule has 0 unspecified atom stereocenters. The fraction of sp³-hybridized carbons (Fsp3) is 1.00. The number of rotatable bonds is 4. The molecular formula is C12H24CaO11. The van der Waals surface area contributed by atoms with E-state index >= 15 is 0 Å². The molecule has 0 aromatic rings. The van der Waals surface area contributed by atoms with Crippen molar-refractivity contribution in [2.45, 2.75) is 61.4 Å². The van der Waals surface area contributed by atoms with Crippen LogP contribution in [0, 0.1) is 0 Å². The first-order valence-electron chi connectivity index (χ1n) is 7.08. The van der Waals surface area contributed by atoms with E-state index in [9.17, 15) is 35.7 Å². The summed E-state index contributed by atoms with van der Waals surface area (Å²) in [6.07, 6.45) is -15.6. The molecule has 10 atom stereocenters. The Morgan fingerprint density at radius 2 is 1.25 bits per heavy atom. The third kappa shape index (κ3) is 4.56. The van der Waals surface area contributed by atoms with Crippen LogP contribution in [-0.2, 0) is 14.2 Å². The van der Waals surface area contributed by atoms with Crippen molar-refractivity contribution in [3.8, 4) is 0 Å². The van der Waals surface area contributed by atoms with E-state index in [2.05, 4.69) is 0 Å². The van der Waals surface area contributed by atoms with Crippen LogP contribution in [0.2, 0.25) is 0 Å². The Balaban J connectivity index is 0.00000288. The van der Waals surface area contributed by atoms with Gasteiger partial charge in [0.15, 0.2) is 12.6 Å². The molecule has 0 aromatic carbocycles. The van der Waals surface area contributed by atoms with Gasteiger partial charge in [0.1, 0.15) is 48.8 Å². The summed E-state index contributed by atoms with van der Waals surface area (Å²) in [5.41, 5.74) is 0. The van der Waals surface area contributed by atoms with E-state index in [0.29, 0.717) is 0 Å². The van der Waals surface area contributed by atoms with E-state index in [0.717, 1.165) is 0 Å². The predicted octanol–water partition coefficient (Wildman–Crippen LogP) is -6.31. The molecule has 2 saturated heterocycles. The number of aliphatic hydroxyl groups excluding tert-OH is 8. The SMILES string of the molecule is OC[C@H]1O[C@H](O[C@H]2[C@H](O)[C@@H](O)[C@H](O)O[C@@H]2CO)[C@H](O)[C@@H](O)[C@@H]1O.[CaH2]. The van der Waals surface area contributed by atoms with Gasteiger partial charge in [0.2, 0.25) is 0 Å². The Morgan fingerprint density at radius 1 is 0.667 bits per heavy atom. The van der Waals surface area contributed by atoms with Gasteiger partial charge in [-0.15, -0.1) is 0 Å². The summed E-state index contributed by atoms with van der Waals surface area (Å²) in [6.45, 7) is -1.35. The Morgan fingerprint density at radius 3 is 1.79 bits per heavy atom. The Kier molecular flexibility index (Phi) is 9.21. The molecule has 0 amide bonds. The van der Waals surface area contributed by atoms with Gasteiger partial charge in [0, 0.05) is 0 Å². The molecule has 2 heterocycles. The van der Waals surface area contributed by atoms with Gasteiger partial charge >= 0.3 is 37.7 Å². The van der Waals surface area contributed by atoms with Gasteiger partial charge < -0.3 is 55.1 Å². The molecule has 2 aliphatic heterocycles. The van der Waals surface area contributed by atoms with Crippen molar-refractivity contribution in [3.05, 3.63) is 0 Å². The summed E-state index contributed by atoms with van der Waals surface area (Å²) in [4.78, 5) is 0. The van der Waals surface area contributed by atoms with Crippen LogP contribution in [-0.4, -0.2) is 153 Å². The second-order valence-electron chi connectivity index (χ2n) is 5.53. The van der Waals surface area contributed by atoms with Crippen LogP contribution in [0.15, 0.2) is 0 Å². The van der Waals surface area contributed by atoms with Gasteiger partial charge in [0.25, 0.3) is 0 Å². The van der Waals surface area contributed by atoms with Crippen molar-refractivity contribution in [2.75, 3.05) is 13.2 Å². The molecule has 2 fully saturated rings. The van der Waals surface area contributed by atoms with Gasteiger partial charge in [-0.05, 0) is 0 Å². The number of ether oxygens (including phenoxy) is 3. The van der Waals surface area contributed by atoms with Crippen LogP contribution in [0.25, 0.3) is 0 Å². The van der Waals surface area contributed by atoms with Crippen LogP contribution < -0.4 is 0 Å². The van der Waals surface area contributed by atoms with E-state index in [1.807, 2.05) is 0 Å². The molecule has 140 valence electrons. The molecule has 0 aromatic heterocycles. The molecule has 8 N–H and O–H groups in total. The maximum atomic E-state index is 9.94. The Labute approximate surface area is 167 Å². The second kappa shape index (κ2) is 9.67. The molecule has 2 aliphatic rings. The first kappa shape index (κ1) is 22.9. The van der Waals surface area contributed by atoms with Crippen molar-refractivity contribution in [1.82, 2.24) is 0 Å². The van der Waals surface area contributed by atoms with E-state index in [-0.39, 0.29) is 37.7 Å². The standard InChI is InChI=1S/C12H22O11.Ca.2H/c13-1-3-5(15)6(16)9(19)12(22-3)23-10-4(2-14)21-11(20)8(18)7(10)17;;;/h3-20H,1-2H2;;;/t3-,4-,5-,6+,7-,8-,9-,10-,11-,12-;;;/m1.../s1. The van der Waals surface area contributed by atoms with Gasteiger partial charge in [-0.3, -0.25) is 0 Å². The summed E-state index contributed by atoms with van der Waals surface area (Å²) in [6, 6.07) is 0. The zero-order valence-corrected chi connectivity index (χ0v) is 12.0. The molecular weight excluding hydrogens is 360 g/mol. The molecule has 0 bridgehead atoms. The van der Waals surface area contributed by atoms with E-state index in [1.165, 1.54) is 0 Å². The molecule has 2 rings (SSSR count). The fourth-order valence-electron chi connectivity index (χ4n) is 2.57. The van der Waals surface area contributed by atoms with Gasteiger partial charge in [0.05, 0.1) is 13.2 Å². The second-order valence-corrected chi connectivity index (χ2v) is 5.53.